The first kappa shape index (κ1) is 42.2. The third-order valence-electron chi connectivity index (χ3n) is 18.2. The van der Waals surface area contributed by atoms with Gasteiger partial charge in [0.15, 0.2) is 0 Å². The topological polar surface area (TPSA) is 6.48 Å². The van der Waals surface area contributed by atoms with Gasteiger partial charge in [-0.2, -0.15) is 0 Å². The van der Waals surface area contributed by atoms with Crippen molar-refractivity contribution in [3.63, 3.8) is 0 Å². The van der Waals surface area contributed by atoms with Crippen LogP contribution in [0.15, 0.2) is 158 Å². The van der Waals surface area contributed by atoms with E-state index in [0.717, 1.165) is 0 Å². The minimum atomic E-state index is -0.165. The quantitative estimate of drug-likeness (QED) is 0.159. The van der Waals surface area contributed by atoms with E-state index in [1.807, 2.05) is 0 Å². The summed E-state index contributed by atoms with van der Waals surface area (Å²) in [5, 5.41) is 5.16. The molecule has 3 aliphatic heterocycles. The second-order valence-electron chi connectivity index (χ2n) is 23.2. The lowest BCUT2D eigenvalue weighted by Gasteiger charge is -2.50. The van der Waals surface area contributed by atoms with Gasteiger partial charge in [0.2, 0.25) is 13.4 Å². The fourth-order valence-corrected chi connectivity index (χ4v) is 15.4. The molecule has 0 atom stereocenters. The molecule has 3 heterocycles. The Labute approximate surface area is 425 Å². The maximum absolute atomic E-state index is 2.75. The molecule has 10 aromatic rings. The SMILES string of the molecule is Cc1cc(C)c(B2c3cc4c(cc3N3c5cc6ccccc6c6c5N(c5cc7c(cc5B6c5c(C)cc(C)cc5C)C(C)(C)c5ccccc5-7)c5cc6ccccc6c2c53)-c2ccccc2C4(C)C)c(C)c1. The second-order valence-corrected chi connectivity index (χ2v) is 23.2. The van der Waals surface area contributed by atoms with E-state index in [9.17, 15) is 0 Å². The molecule has 2 aliphatic carbocycles. The third kappa shape index (κ3) is 5.22. The van der Waals surface area contributed by atoms with E-state index >= 15 is 0 Å². The molecular weight excluding hydrogens is 866 g/mol. The summed E-state index contributed by atoms with van der Waals surface area (Å²) in [6.07, 6.45) is 0. The molecule has 4 heteroatoms. The zero-order valence-electron chi connectivity index (χ0n) is 43.1. The molecule has 0 saturated carbocycles. The molecule has 5 aliphatic rings. The minimum Gasteiger partial charge on any atom is -0.307 e. The summed E-state index contributed by atoms with van der Waals surface area (Å²) in [6, 6.07) is 62.2. The molecule has 0 fully saturated rings. The van der Waals surface area contributed by atoms with E-state index in [1.165, 1.54) is 166 Å². The maximum Gasteiger partial charge on any atom is 0.248 e. The van der Waals surface area contributed by atoms with Crippen molar-refractivity contribution < 1.29 is 0 Å². The highest BCUT2D eigenvalue weighted by atomic mass is 15.3. The highest BCUT2D eigenvalue weighted by molar-refractivity contribution is 7.01. The van der Waals surface area contributed by atoms with Crippen LogP contribution in [-0.2, 0) is 10.8 Å². The lowest BCUT2D eigenvalue weighted by Crippen LogP contribution is -2.62. The van der Waals surface area contributed by atoms with Crippen molar-refractivity contribution in [1.82, 2.24) is 0 Å². The van der Waals surface area contributed by atoms with Crippen molar-refractivity contribution in [2.45, 2.75) is 80.1 Å². The number of nitrogens with zero attached hydrogens (tertiary/aromatic N) is 2. The first-order valence-electron chi connectivity index (χ1n) is 26.2. The molecule has 0 radical (unpaired) electrons. The van der Waals surface area contributed by atoms with Crippen molar-refractivity contribution in [3.8, 4) is 22.3 Å². The number of hydrogen-bond donors (Lipinski definition) is 0. The number of aryl methyl sites for hydroxylation is 6. The average Bonchev–Trinajstić information content (AvgIpc) is 3.72. The first-order valence-corrected chi connectivity index (χ1v) is 26.2. The van der Waals surface area contributed by atoms with Crippen molar-refractivity contribution in [3.05, 3.63) is 213 Å². The van der Waals surface area contributed by atoms with Crippen molar-refractivity contribution in [2.75, 3.05) is 9.80 Å². The van der Waals surface area contributed by atoms with Crippen LogP contribution < -0.4 is 42.6 Å². The van der Waals surface area contributed by atoms with Crippen LogP contribution in [0.3, 0.4) is 0 Å². The van der Waals surface area contributed by atoms with E-state index in [4.69, 9.17) is 0 Å². The van der Waals surface area contributed by atoms with Gasteiger partial charge in [-0.3, -0.25) is 0 Å². The maximum atomic E-state index is 2.75. The molecule has 0 saturated heterocycles. The highest BCUT2D eigenvalue weighted by Crippen LogP contribution is 2.60. The minimum absolute atomic E-state index is 0.0226. The highest BCUT2D eigenvalue weighted by Gasteiger charge is 2.51. The fourth-order valence-electron chi connectivity index (χ4n) is 15.4. The molecule has 10 aromatic carbocycles. The second kappa shape index (κ2) is 14.1. The summed E-state index contributed by atoms with van der Waals surface area (Å²) in [6.45, 7) is 23.6. The molecule has 0 unspecified atom stereocenters. The van der Waals surface area contributed by atoms with E-state index in [-0.39, 0.29) is 24.3 Å². The van der Waals surface area contributed by atoms with Gasteiger partial charge in [0.05, 0.1) is 22.7 Å². The molecule has 72 heavy (non-hydrogen) atoms. The Bertz CT molecular complexity index is 3840. The van der Waals surface area contributed by atoms with E-state index in [0.29, 0.717) is 0 Å². The summed E-state index contributed by atoms with van der Waals surface area (Å²) in [5.41, 5.74) is 34.7. The van der Waals surface area contributed by atoms with E-state index in [2.05, 4.69) is 237 Å². The number of rotatable bonds is 2. The average molecular weight is 923 g/mol. The smallest absolute Gasteiger partial charge is 0.248 e. The van der Waals surface area contributed by atoms with Crippen LogP contribution in [0.2, 0.25) is 0 Å². The monoisotopic (exact) mass is 922 g/mol. The van der Waals surface area contributed by atoms with Gasteiger partial charge in [0, 0.05) is 22.2 Å². The fraction of sp³-hybridized carbons (Fsp3) is 0.176. The summed E-state index contributed by atoms with van der Waals surface area (Å²) in [4.78, 5) is 5.50. The Hall–Kier alpha value is -7.55. The molecular formula is C68H56B2N2. The van der Waals surface area contributed by atoms with Crippen LogP contribution in [0.1, 0.15) is 83.3 Å². The zero-order chi connectivity index (χ0) is 49.0. The third-order valence-corrected chi connectivity index (χ3v) is 18.2. The van der Waals surface area contributed by atoms with Crippen molar-refractivity contribution in [1.29, 1.82) is 0 Å². The van der Waals surface area contributed by atoms with Gasteiger partial charge in [0.25, 0.3) is 0 Å². The Kier molecular flexibility index (Phi) is 8.26. The number of anilines is 6. The van der Waals surface area contributed by atoms with Crippen molar-refractivity contribution in [2.24, 2.45) is 0 Å². The number of hydrogen-bond acceptors (Lipinski definition) is 2. The molecule has 0 N–H and O–H groups in total. The molecule has 0 spiro atoms. The Balaban J connectivity index is 1.16. The van der Waals surface area contributed by atoms with Gasteiger partial charge in [-0.15, -0.1) is 0 Å². The van der Waals surface area contributed by atoms with Gasteiger partial charge in [-0.25, -0.2) is 0 Å². The predicted octanol–water partition coefficient (Wildman–Crippen LogP) is 13.4. The Morgan fingerprint density at radius 2 is 0.694 bits per heavy atom. The first-order chi connectivity index (χ1) is 34.7. The predicted molar refractivity (Wildman–Crippen MR) is 310 cm³/mol. The summed E-state index contributed by atoms with van der Waals surface area (Å²) in [7, 11) is 0. The molecule has 344 valence electrons. The van der Waals surface area contributed by atoms with E-state index in [1.54, 1.807) is 0 Å². The van der Waals surface area contributed by atoms with Crippen LogP contribution >= 0.6 is 0 Å². The Morgan fingerprint density at radius 1 is 0.333 bits per heavy atom. The normalized spacial score (nSPS) is 15.5. The zero-order valence-corrected chi connectivity index (χ0v) is 43.1. The molecule has 0 bridgehead atoms. The van der Waals surface area contributed by atoms with Crippen LogP contribution in [0.4, 0.5) is 34.1 Å². The van der Waals surface area contributed by atoms with Gasteiger partial charge in [0.1, 0.15) is 0 Å². The number of fused-ring (bicyclic) bond motifs is 16. The molecule has 0 amide bonds. The molecule has 2 nitrogen and oxygen atoms in total. The summed E-state index contributed by atoms with van der Waals surface area (Å²) < 4.78 is 0. The molecule has 0 aromatic heterocycles. The van der Waals surface area contributed by atoms with Crippen LogP contribution in [-0.4, -0.2) is 13.4 Å². The summed E-state index contributed by atoms with van der Waals surface area (Å²) in [5.74, 6) is 0. The molecule has 15 rings (SSSR count). The largest absolute Gasteiger partial charge is 0.307 e. The van der Waals surface area contributed by atoms with E-state index < -0.39 is 0 Å². The van der Waals surface area contributed by atoms with Crippen LogP contribution in [0.25, 0.3) is 43.8 Å². The van der Waals surface area contributed by atoms with Gasteiger partial charge < -0.3 is 9.80 Å². The van der Waals surface area contributed by atoms with Crippen LogP contribution in [0.5, 0.6) is 0 Å². The number of benzene rings is 10. The lowest BCUT2D eigenvalue weighted by molar-refractivity contribution is 0.660. The van der Waals surface area contributed by atoms with Gasteiger partial charge in [-0.05, 0) is 154 Å². The Morgan fingerprint density at radius 3 is 1.10 bits per heavy atom. The summed E-state index contributed by atoms with van der Waals surface area (Å²) >= 11 is 0. The van der Waals surface area contributed by atoms with Crippen LogP contribution in [0, 0.1) is 41.5 Å². The van der Waals surface area contributed by atoms with Gasteiger partial charge >= 0.3 is 0 Å². The lowest BCUT2D eigenvalue weighted by atomic mass is 9.32. The van der Waals surface area contributed by atoms with Crippen molar-refractivity contribution >= 4 is 102 Å². The standard InChI is InChI=1S/C68H56B2N2/c1-37-27-39(3)61(40(4)28-37)69-55-35-53-49(47-23-15-17-25-51(47)67(53,7)8)33-57(55)71-60-32-44-20-12-14-22-46(44)64-66(60)72(59-31-43-19-11-13-21-45(43)63(69)65(59)71)58-34-50-48-24-16-18-26-52(48)68(9,10)54(50)36-56(58)70(64)62-41(5)29-38(2)30-42(62)6/h11-36H,1-10H3. The van der Waals surface area contributed by atoms with Gasteiger partial charge in [-0.1, -0.05) is 205 Å².